The van der Waals surface area contributed by atoms with Crippen LogP contribution in [0.5, 0.6) is 17.2 Å². The molecule has 0 aliphatic heterocycles. The first-order chi connectivity index (χ1) is 12.7. The Hall–Kier alpha value is -3.29. The fourth-order valence-corrected chi connectivity index (χ4v) is 2.40. The molecule has 3 aromatic carbocycles. The molecule has 0 bridgehead atoms. The highest BCUT2D eigenvalue weighted by Crippen LogP contribution is 2.37. The van der Waals surface area contributed by atoms with E-state index in [2.05, 4.69) is 4.74 Å². The number of hydrogen-bond donors (Lipinski definition) is 1. The zero-order valence-electron chi connectivity index (χ0n) is 13.6. The summed E-state index contributed by atoms with van der Waals surface area (Å²) in [7, 11) is 0. The molecule has 0 amide bonds. The van der Waals surface area contributed by atoms with Gasteiger partial charge in [-0.05, 0) is 48.0 Å². The maximum Gasteiger partial charge on any atom is 0.573 e. The Morgan fingerprint density at radius 1 is 0.815 bits per heavy atom. The number of anilines is 1. The molecule has 0 aliphatic rings. The van der Waals surface area contributed by atoms with Crippen LogP contribution in [-0.2, 0) is 0 Å². The minimum atomic E-state index is -4.84. The fourth-order valence-electron chi connectivity index (χ4n) is 2.40. The van der Waals surface area contributed by atoms with Crippen LogP contribution in [-0.4, -0.2) is 6.36 Å². The highest BCUT2D eigenvalue weighted by atomic mass is 19.4. The monoisotopic (exact) mass is 381 g/mol. The number of rotatable bonds is 4. The molecule has 3 nitrogen and oxygen atoms in total. The second kappa shape index (κ2) is 7.14. The third kappa shape index (κ3) is 4.66. The normalized spacial score (nSPS) is 11.3. The van der Waals surface area contributed by atoms with Crippen molar-refractivity contribution in [2.45, 2.75) is 6.36 Å². The Morgan fingerprint density at radius 2 is 1.56 bits per heavy atom. The van der Waals surface area contributed by atoms with Crippen molar-refractivity contribution >= 4 is 5.69 Å². The minimum absolute atomic E-state index is 0.124. The van der Waals surface area contributed by atoms with E-state index in [1.807, 2.05) is 0 Å². The second-order valence-electron chi connectivity index (χ2n) is 5.51. The maximum absolute atomic E-state index is 13.9. The highest BCUT2D eigenvalue weighted by Gasteiger charge is 2.31. The lowest BCUT2D eigenvalue weighted by atomic mass is 10.0. The third-order valence-electron chi connectivity index (χ3n) is 3.50. The smallest absolute Gasteiger partial charge is 0.454 e. The number of ether oxygens (including phenoxy) is 2. The molecular formula is C19H12F5NO2. The van der Waals surface area contributed by atoms with Crippen molar-refractivity contribution in [3.8, 4) is 28.4 Å². The molecule has 0 spiro atoms. The zero-order chi connectivity index (χ0) is 19.6. The maximum atomic E-state index is 13.9. The first-order valence-electron chi connectivity index (χ1n) is 7.60. The van der Waals surface area contributed by atoms with Gasteiger partial charge in [0.1, 0.15) is 17.3 Å². The van der Waals surface area contributed by atoms with Gasteiger partial charge in [0, 0.05) is 17.3 Å². The second-order valence-corrected chi connectivity index (χ2v) is 5.51. The quantitative estimate of drug-likeness (QED) is 0.452. The number of halogens is 5. The van der Waals surface area contributed by atoms with Crippen LogP contribution in [0.25, 0.3) is 11.1 Å². The van der Waals surface area contributed by atoms with Crippen LogP contribution in [0.1, 0.15) is 0 Å². The van der Waals surface area contributed by atoms with Crippen molar-refractivity contribution in [2.75, 3.05) is 5.73 Å². The average Bonchev–Trinajstić information content (AvgIpc) is 2.57. The van der Waals surface area contributed by atoms with Gasteiger partial charge in [-0.1, -0.05) is 12.1 Å². The summed E-state index contributed by atoms with van der Waals surface area (Å²) in [5.74, 6) is -2.24. The van der Waals surface area contributed by atoms with Gasteiger partial charge in [0.2, 0.25) is 0 Å². The summed E-state index contributed by atoms with van der Waals surface area (Å²) in [6.45, 7) is 0. The van der Waals surface area contributed by atoms with Crippen LogP contribution in [0, 0.1) is 11.6 Å². The van der Waals surface area contributed by atoms with Gasteiger partial charge in [-0.3, -0.25) is 0 Å². The summed E-state index contributed by atoms with van der Waals surface area (Å²) in [6, 6.07) is 12.3. The van der Waals surface area contributed by atoms with Crippen molar-refractivity contribution in [3.63, 3.8) is 0 Å². The Morgan fingerprint density at radius 3 is 2.26 bits per heavy atom. The van der Waals surface area contributed by atoms with E-state index >= 15 is 0 Å². The molecule has 2 N–H and O–H groups in total. The molecular weight excluding hydrogens is 369 g/mol. The molecule has 0 heterocycles. The SMILES string of the molecule is Nc1ccc(Oc2ccc(F)cc2F)c(-c2cccc(OC(F)(F)F)c2)c1. The summed E-state index contributed by atoms with van der Waals surface area (Å²) in [5.41, 5.74) is 6.69. The van der Waals surface area contributed by atoms with Crippen LogP contribution < -0.4 is 15.2 Å². The van der Waals surface area contributed by atoms with Gasteiger partial charge in [0.05, 0.1) is 0 Å². The number of nitrogen functional groups attached to an aromatic ring is 1. The van der Waals surface area contributed by atoms with E-state index in [1.54, 1.807) is 0 Å². The summed E-state index contributed by atoms with van der Waals surface area (Å²) in [5, 5.41) is 0. The van der Waals surface area contributed by atoms with Gasteiger partial charge < -0.3 is 15.2 Å². The summed E-state index contributed by atoms with van der Waals surface area (Å²) >= 11 is 0. The lowest BCUT2D eigenvalue weighted by Gasteiger charge is -2.14. The topological polar surface area (TPSA) is 44.5 Å². The Kier molecular flexibility index (Phi) is 4.89. The number of benzene rings is 3. The van der Waals surface area contributed by atoms with Crippen molar-refractivity contribution in [1.82, 2.24) is 0 Å². The Balaban J connectivity index is 2.01. The zero-order valence-corrected chi connectivity index (χ0v) is 13.6. The van der Waals surface area contributed by atoms with E-state index in [9.17, 15) is 22.0 Å². The predicted molar refractivity (Wildman–Crippen MR) is 89.4 cm³/mol. The Bertz CT molecular complexity index is 973. The lowest BCUT2D eigenvalue weighted by Crippen LogP contribution is -2.17. The molecule has 0 unspecified atom stereocenters. The van der Waals surface area contributed by atoms with Gasteiger partial charge in [-0.15, -0.1) is 13.2 Å². The van der Waals surface area contributed by atoms with Crippen LogP contribution in [0.4, 0.5) is 27.6 Å². The third-order valence-corrected chi connectivity index (χ3v) is 3.50. The van der Waals surface area contributed by atoms with E-state index < -0.39 is 23.7 Å². The predicted octanol–water partition coefficient (Wildman–Crippen LogP) is 5.90. The van der Waals surface area contributed by atoms with Gasteiger partial charge in [0.15, 0.2) is 11.6 Å². The summed E-state index contributed by atoms with van der Waals surface area (Å²) in [6.07, 6.45) is -4.84. The molecule has 0 aliphatic carbocycles. The Labute approximate surface area is 150 Å². The summed E-state index contributed by atoms with van der Waals surface area (Å²) < 4.78 is 73.6. The van der Waals surface area contributed by atoms with Crippen molar-refractivity contribution in [3.05, 3.63) is 72.3 Å². The van der Waals surface area contributed by atoms with Crippen LogP contribution in [0.2, 0.25) is 0 Å². The fraction of sp³-hybridized carbons (Fsp3) is 0.0526. The highest BCUT2D eigenvalue weighted by molar-refractivity contribution is 5.75. The molecule has 0 aromatic heterocycles. The molecule has 0 atom stereocenters. The van der Waals surface area contributed by atoms with Crippen molar-refractivity contribution in [1.29, 1.82) is 0 Å². The van der Waals surface area contributed by atoms with E-state index in [4.69, 9.17) is 10.5 Å². The largest absolute Gasteiger partial charge is 0.573 e. The van der Waals surface area contributed by atoms with Gasteiger partial charge >= 0.3 is 6.36 Å². The van der Waals surface area contributed by atoms with E-state index in [0.717, 1.165) is 24.3 Å². The van der Waals surface area contributed by atoms with Crippen LogP contribution in [0.3, 0.4) is 0 Å². The van der Waals surface area contributed by atoms with Gasteiger partial charge in [0.25, 0.3) is 0 Å². The molecule has 140 valence electrons. The van der Waals surface area contributed by atoms with E-state index in [-0.39, 0.29) is 11.5 Å². The molecule has 3 aromatic rings. The standard InChI is InChI=1S/C19H12F5NO2/c20-12-4-6-18(16(21)9-12)26-17-7-5-13(25)10-15(17)11-2-1-3-14(8-11)27-19(22,23)24/h1-10H,25H2. The summed E-state index contributed by atoms with van der Waals surface area (Å²) in [4.78, 5) is 0. The lowest BCUT2D eigenvalue weighted by molar-refractivity contribution is -0.274. The van der Waals surface area contributed by atoms with Crippen LogP contribution >= 0.6 is 0 Å². The number of hydrogen-bond acceptors (Lipinski definition) is 3. The average molecular weight is 381 g/mol. The van der Waals surface area contributed by atoms with E-state index in [0.29, 0.717) is 22.9 Å². The molecule has 3 rings (SSSR count). The van der Waals surface area contributed by atoms with E-state index in [1.165, 1.54) is 30.3 Å². The minimum Gasteiger partial charge on any atom is -0.454 e. The number of nitrogens with two attached hydrogens (primary N) is 1. The first kappa shape index (κ1) is 18.5. The molecule has 0 radical (unpaired) electrons. The van der Waals surface area contributed by atoms with Crippen LogP contribution in [0.15, 0.2) is 60.7 Å². The molecule has 27 heavy (non-hydrogen) atoms. The van der Waals surface area contributed by atoms with Gasteiger partial charge in [-0.25, -0.2) is 8.78 Å². The first-order valence-corrected chi connectivity index (χ1v) is 7.60. The molecule has 8 heteroatoms. The molecule has 0 saturated carbocycles. The molecule has 0 saturated heterocycles. The van der Waals surface area contributed by atoms with Gasteiger partial charge in [-0.2, -0.15) is 0 Å². The van der Waals surface area contributed by atoms with Crippen molar-refractivity contribution < 1.29 is 31.4 Å². The van der Waals surface area contributed by atoms with Crippen molar-refractivity contribution in [2.24, 2.45) is 0 Å². The molecule has 0 fully saturated rings. The number of alkyl halides is 3.